The molecule has 2 aromatic rings. The van der Waals surface area contributed by atoms with E-state index >= 15 is 0 Å². The monoisotopic (exact) mass is 314 g/mol. The van der Waals surface area contributed by atoms with Crippen molar-refractivity contribution >= 4 is 28.8 Å². The second kappa shape index (κ2) is 6.32. The molecule has 114 valence electrons. The van der Waals surface area contributed by atoms with Gasteiger partial charge in [-0.3, -0.25) is 9.59 Å². The van der Waals surface area contributed by atoms with Crippen molar-refractivity contribution in [2.75, 3.05) is 11.4 Å². The van der Waals surface area contributed by atoms with Gasteiger partial charge in [-0.2, -0.15) is 0 Å². The SMILES string of the molecule is Cc1ccsc1C(=O)NCc1ccc(N2CCCC2=O)cc1. The van der Waals surface area contributed by atoms with Gasteiger partial charge in [-0.15, -0.1) is 11.3 Å². The summed E-state index contributed by atoms with van der Waals surface area (Å²) in [6.07, 6.45) is 1.56. The lowest BCUT2D eigenvalue weighted by molar-refractivity contribution is -0.117. The average Bonchev–Trinajstić information content (AvgIpc) is 3.14. The molecule has 3 rings (SSSR count). The number of aryl methyl sites for hydroxylation is 1. The average molecular weight is 314 g/mol. The molecule has 5 heteroatoms. The minimum Gasteiger partial charge on any atom is -0.347 e. The minimum absolute atomic E-state index is 0.0358. The zero-order valence-electron chi connectivity index (χ0n) is 12.5. The number of benzene rings is 1. The molecule has 1 aromatic heterocycles. The van der Waals surface area contributed by atoms with Gasteiger partial charge in [-0.25, -0.2) is 0 Å². The molecule has 0 atom stereocenters. The first kappa shape index (κ1) is 14.8. The molecule has 0 aliphatic carbocycles. The van der Waals surface area contributed by atoms with Crippen LogP contribution in [0.1, 0.15) is 33.6 Å². The fourth-order valence-corrected chi connectivity index (χ4v) is 3.42. The molecule has 1 N–H and O–H groups in total. The predicted octanol–water partition coefficient (Wildman–Crippen LogP) is 3.11. The molecule has 0 radical (unpaired) electrons. The number of hydrogen-bond acceptors (Lipinski definition) is 3. The van der Waals surface area contributed by atoms with Crippen molar-refractivity contribution in [3.05, 3.63) is 51.7 Å². The molecule has 2 heterocycles. The summed E-state index contributed by atoms with van der Waals surface area (Å²) in [4.78, 5) is 26.4. The topological polar surface area (TPSA) is 49.4 Å². The first-order chi connectivity index (χ1) is 10.6. The van der Waals surface area contributed by atoms with Crippen molar-refractivity contribution in [1.29, 1.82) is 0 Å². The van der Waals surface area contributed by atoms with Crippen LogP contribution < -0.4 is 10.2 Å². The first-order valence-corrected chi connectivity index (χ1v) is 8.25. The second-order valence-electron chi connectivity index (χ2n) is 5.43. The van der Waals surface area contributed by atoms with Crippen molar-refractivity contribution in [2.24, 2.45) is 0 Å². The van der Waals surface area contributed by atoms with E-state index in [9.17, 15) is 9.59 Å². The summed E-state index contributed by atoms with van der Waals surface area (Å²) in [5.41, 5.74) is 2.97. The van der Waals surface area contributed by atoms with Crippen LogP contribution in [0.15, 0.2) is 35.7 Å². The maximum absolute atomic E-state index is 12.1. The smallest absolute Gasteiger partial charge is 0.261 e. The number of nitrogens with zero attached hydrogens (tertiary/aromatic N) is 1. The maximum Gasteiger partial charge on any atom is 0.261 e. The number of carbonyl (C=O) groups is 2. The fourth-order valence-electron chi connectivity index (χ4n) is 2.58. The molecular weight excluding hydrogens is 296 g/mol. The maximum atomic E-state index is 12.1. The van der Waals surface area contributed by atoms with Crippen LogP contribution in [-0.2, 0) is 11.3 Å². The Morgan fingerprint density at radius 2 is 2.05 bits per heavy atom. The highest BCUT2D eigenvalue weighted by Gasteiger charge is 2.21. The largest absolute Gasteiger partial charge is 0.347 e. The summed E-state index contributed by atoms with van der Waals surface area (Å²) in [7, 11) is 0. The molecule has 22 heavy (non-hydrogen) atoms. The molecule has 2 amide bonds. The van der Waals surface area contributed by atoms with E-state index in [2.05, 4.69) is 5.32 Å². The number of carbonyl (C=O) groups excluding carboxylic acids is 2. The van der Waals surface area contributed by atoms with Crippen LogP contribution in [0.3, 0.4) is 0 Å². The van der Waals surface area contributed by atoms with E-state index in [1.54, 1.807) is 0 Å². The second-order valence-corrected chi connectivity index (χ2v) is 6.35. The molecule has 0 unspecified atom stereocenters. The van der Waals surface area contributed by atoms with Crippen LogP contribution in [0.4, 0.5) is 5.69 Å². The lowest BCUT2D eigenvalue weighted by Crippen LogP contribution is -2.24. The van der Waals surface area contributed by atoms with Gasteiger partial charge in [-0.1, -0.05) is 12.1 Å². The van der Waals surface area contributed by atoms with Crippen LogP contribution in [0.2, 0.25) is 0 Å². The third-order valence-electron chi connectivity index (χ3n) is 3.84. The first-order valence-electron chi connectivity index (χ1n) is 7.37. The van der Waals surface area contributed by atoms with Gasteiger partial charge in [0.1, 0.15) is 0 Å². The molecular formula is C17H18N2O2S. The van der Waals surface area contributed by atoms with Crippen molar-refractivity contribution < 1.29 is 9.59 Å². The van der Waals surface area contributed by atoms with E-state index in [1.807, 2.05) is 47.5 Å². The molecule has 0 bridgehead atoms. The standard InChI is InChI=1S/C17H18N2O2S/c1-12-8-10-22-16(12)17(21)18-11-13-4-6-14(7-5-13)19-9-2-3-15(19)20/h4-8,10H,2-3,9,11H2,1H3,(H,18,21). The molecule has 1 aromatic carbocycles. The number of anilines is 1. The van der Waals surface area contributed by atoms with Gasteiger partial charge < -0.3 is 10.2 Å². The minimum atomic E-state index is -0.0358. The summed E-state index contributed by atoms with van der Waals surface area (Å²) in [6.45, 7) is 3.23. The van der Waals surface area contributed by atoms with E-state index in [-0.39, 0.29) is 11.8 Å². The van der Waals surface area contributed by atoms with E-state index in [4.69, 9.17) is 0 Å². The van der Waals surface area contributed by atoms with Crippen LogP contribution in [0.25, 0.3) is 0 Å². The summed E-state index contributed by atoms with van der Waals surface area (Å²) >= 11 is 1.46. The van der Waals surface area contributed by atoms with Crippen LogP contribution in [-0.4, -0.2) is 18.4 Å². The van der Waals surface area contributed by atoms with Crippen molar-refractivity contribution in [3.63, 3.8) is 0 Å². The molecule has 1 aliphatic rings. The Balaban J connectivity index is 1.61. The van der Waals surface area contributed by atoms with E-state index < -0.39 is 0 Å². The molecule has 0 saturated carbocycles. The highest BCUT2D eigenvalue weighted by Crippen LogP contribution is 2.21. The number of nitrogens with one attached hydrogen (secondary N) is 1. The Hall–Kier alpha value is -2.14. The van der Waals surface area contributed by atoms with Gasteiger partial charge in [-0.05, 0) is 48.1 Å². The predicted molar refractivity (Wildman–Crippen MR) is 88.3 cm³/mol. The van der Waals surface area contributed by atoms with Gasteiger partial charge in [0.05, 0.1) is 4.88 Å². The van der Waals surface area contributed by atoms with Crippen LogP contribution in [0, 0.1) is 6.92 Å². The summed E-state index contributed by atoms with van der Waals surface area (Å²) in [5.74, 6) is 0.153. The Labute approximate surface area is 133 Å². The number of amides is 2. The summed E-state index contributed by atoms with van der Waals surface area (Å²) < 4.78 is 0. The van der Waals surface area contributed by atoms with E-state index in [0.717, 1.165) is 34.7 Å². The summed E-state index contributed by atoms with van der Waals surface area (Å²) in [5, 5.41) is 4.85. The van der Waals surface area contributed by atoms with Crippen LogP contribution >= 0.6 is 11.3 Å². The van der Waals surface area contributed by atoms with Gasteiger partial charge in [0.25, 0.3) is 5.91 Å². The Bertz CT molecular complexity index is 691. The van der Waals surface area contributed by atoms with Crippen molar-refractivity contribution in [2.45, 2.75) is 26.3 Å². The van der Waals surface area contributed by atoms with Crippen molar-refractivity contribution in [3.8, 4) is 0 Å². The Kier molecular flexibility index (Phi) is 4.24. The Morgan fingerprint density at radius 3 is 2.64 bits per heavy atom. The highest BCUT2D eigenvalue weighted by molar-refractivity contribution is 7.12. The molecule has 0 spiro atoms. The Morgan fingerprint density at radius 1 is 1.27 bits per heavy atom. The third kappa shape index (κ3) is 3.04. The third-order valence-corrected chi connectivity index (χ3v) is 4.86. The van der Waals surface area contributed by atoms with Crippen molar-refractivity contribution in [1.82, 2.24) is 5.32 Å². The van der Waals surface area contributed by atoms with Gasteiger partial charge >= 0.3 is 0 Å². The van der Waals surface area contributed by atoms with E-state index in [1.165, 1.54) is 11.3 Å². The molecule has 1 fully saturated rings. The number of rotatable bonds is 4. The molecule has 1 saturated heterocycles. The summed E-state index contributed by atoms with van der Waals surface area (Å²) in [6, 6.07) is 9.76. The number of hydrogen-bond donors (Lipinski definition) is 1. The van der Waals surface area contributed by atoms with Gasteiger partial charge in [0.2, 0.25) is 5.91 Å². The number of thiophene rings is 1. The van der Waals surface area contributed by atoms with Crippen LogP contribution in [0.5, 0.6) is 0 Å². The fraction of sp³-hybridized carbons (Fsp3) is 0.294. The highest BCUT2D eigenvalue weighted by atomic mass is 32.1. The van der Waals surface area contributed by atoms with E-state index in [0.29, 0.717) is 13.0 Å². The lowest BCUT2D eigenvalue weighted by atomic mass is 10.2. The zero-order chi connectivity index (χ0) is 15.5. The lowest BCUT2D eigenvalue weighted by Gasteiger charge is -2.16. The quantitative estimate of drug-likeness (QED) is 0.942. The van der Waals surface area contributed by atoms with Gasteiger partial charge in [0.15, 0.2) is 0 Å². The normalized spacial score (nSPS) is 14.4. The zero-order valence-corrected chi connectivity index (χ0v) is 13.3. The molecule has 4 nitrogen and oxygen atoms in total. The van der Waals surface area contributed by atoms with Gasteiger partial charge in [0, 0.05) is 25.2 Å². The molecule has 1 aliphatic heterocycles.